The van der Waals surface area contributed by atoms with Crippen LogP contribution in [0.1, 0.15) is 22.3 Å². The number of fused-ring (bicyclic) bond motifs is 2. The first kappa shape index (κ1) is 35.2. The van der Waals surface area contributed by atoms with Gasteiger partial charge in [-0.2, -0.15) is 0 Å². The minimum Gasteiger partial charge on any atom is -0.368 e. The van der Waals surface area contributed by atoms with Crippen LogP contribution in [0.2, 0.25) is 0 Å². The highest BCUT2D eigenvalue weighted by molar-refractivity contribution is 6.00. The van der Waals surface area contributed by atoms with E-state index in [0.29, 0.717) is 26.1 Å². The lowest BCUT2D eigenvalue weighted by Crippen LogP contribution is -2.58. The van der Waals surface area contributed by atoms with E-state index in [-0.39, 0.29) is 17.9 Å². The first-order valence-corrected chi connectivity index (χ1v) is 19.2. The number of rotatable bonds is 11. The van der Waals surface area contributed by atoms with E-state index in [2.05, 4.69) is 117 Å². The SMILES string of the molecule is O=C(N[C@H](Cc1c[nH]c2ccccc12)C(=O)N1CC(CN(Cc2ccccc2)Cc2ccccc2)Cc2ccccc21)N1CCN(c2ccccc2)CC1. The fourth-order valence-corrected chi connectivity index (χ4v) is 8.20. The summed E-state index contributed by atoms with van der Waals surface area (Å²) >= 11 is 0. The number of amides is 3. The van der Waals surface area contributed by atoms with E-state index in [4.69, 9.17) is 0 Å². The molecule has 1 unspecified atom stereocenters. The van der Waals surface area contributed by atoms with Gasteiger partial charge in [0.25, 0.3) is 0 Å². The van der Waals surface area contributed by atoms with Crippen LogP contribution in [0.4, 0.5) is 16.2 Å². The van der Waals surface area contributed by atoms with Crippen molar-refractivity contribution in [3.63, 3.8) is 0 Å². The number of piperazine rings is 1. The Balaban J connectivity index is 1.04. The molecule has 2 N–H and O–H groups in total. The van der Waals surface area contributed by atoms with Gasteiger partial charge >= 0.3 is 6.03 Å². The number of hydrogen-bond acceptors (Lipinski definition) is 4. The van der Waals surface area contributed by atoms with Gasteiger partial charge in [0, 0.05) is 87.3 Å². The van der Waals surface area contributed by atoms with Crippen LogP contribution in [-0.4, -0.2) is 72.0 Å². The smallest absolute Gasteiger partial charge is 0.318 e. The van der Waals surface area contributed by atoms with Gasteiger partial charge in [-0.25, -0.2) is 4.79 Å². The molecule has 1 fully saturated rings. The van der Waals surface area contributed by atoms with E-state index in [9.17, 15) is 4.79 Å². The summed E-state index contributed by atoms with van der Waals surface area (Å²) < 4.78 is 0. The zero-order valence-corrected chi connectivity index (χ0v) is 30.7. The van der Waals surface area contributed by atoms with Crippen LogP contribution in [0, 0.1) is 5.92 Å². The molecule has 8 rings (SSSR count). The van der Waals surface area contributed by atoms with E-state index < -0.39 is 6.04 Å². The van der Waals surface area contributed by atoms with Gasteiger partial charge in [0.2, 0.25) is 5.91 Å². The molecular formula is C46H48N6O2. The molecule has 274 valence electrons. The van der Waals surface area contributed by atoms with Crippen molar-refractivity contribution in [2.45, 2.75) is 32.0 Å². The number of carbonyl (C=O) groups excluding carboxylic acids is 2. The molecule has 0 saturated carbocycles. The lowest BCUT2D eigenvalue weighted by Gasteiger charge is -2.39. The van der Waals surface area contributed by atoms with Crippen LogP contribution in [0.15, 0.2) is 146 Å². The molecule has 2 aliphatic heterocycles. The molecule has 3 amide bonds. The molecule has 0 aliphatic carbocycles. The van der Waals surface area contributed by atoms with Crippen molar-refractivity contribution in [2.24, 2.45) is 5.92 Å². The standard InChI is InChI=1S/C46H48N6O2/c53-45(43(29-39-30-47-42-22-12-11-21-41(39)42)48-46(54)51-26-24-50(25-27-51)40-19-8-3-9-20-40)52-34-37(28-38-18-10-13-23-44(38)52)33-49(31-35-14-4-1-5-15-35)32-36-16-6-2-7-17-36/h1-23,30,37,43,47H,24-29,31-34H2,(H,48,54)/t37?,43-/m1/s1. The van der Waals surface area contributed by atoms with Gasteiger partial charge < -0.3 is 25.0 Å². The quantitative estimate of drug-likeness (QED) is 0.146. The van der Waals surface area contributed by atoms with Crippen LogP contribution >= 0.6 is 0 Å². The largest absolute Gasteiger partial charge is 0.368 e. The van der Waals surface area contributed by atoms with Gasteiger partial charge in [-0.1, -0.05) is 115 Å². The molecule has 6 aromatic rings. The molecule has 2 aliphatic rings. The number of aromatic amines is 1. The molecule has 0 bridgehead atoms. The highest BCUT2D eigenvalue weighted by Gasteiger charge is 2.35. The molecule has 54 heavy (non-hydrogen) atoms. The Morgan fingerprint density at radius 2 is 1.33 bits per heavy atom. The van der Waals surface area contributed by atoms with Gasteiger partial charge in [-0.3, -0.25) is 9.69 Å². The van der Waals surface area contributed by atoms with Gasteiger partial charge in [0.1, 0.15) is 6.04 Å². The number of aromatic nitrogens is 1. The zero-order valence-electron chi connectivity index (χ0n) is 30.7. The summed E-state index contributed by atoms with van der Waals surface area (Å²) in [6.07, 6.45) is 3.25. The molecule has 5 aromatic carbocycles. The lowest BCUT2D eigenvalue weighted by atomic mass is 9.90. The topological polar surface area (TPSA) is 74.9 Å². The second-order valence-corrected chi connectivity index (χ2v) is 14.7. The third-order valence-corrected chi connectivity index (χ3v) is 10.9. The van der Waals surface area contributed by atoms with E-state index in [1.807, 2.05) is 58.5 Å². The second-order valence-electron chi connectivity index (χ2n) is 14.7. The van der Waals surface area contributed by atoms with Crippen molar-refractivity contribution in [1.29, 1.82) is 0 Å². The number of H-pyrrole nitrogens is 1. The second kappa shape index (κ2) is 16.4. The molecule has 1 aromatic heterocycles. The Morgan fingerprint density at radius 1 is 0.722 bits per heavy atom. The summed E-state index contributed by atoms with van der Waals surface area (Å²) in [5.74, 6) is 0.123. The number of nitrogens with zero attached hydrogens (tertiary/aromatic N) is 4. The average Bonchev–Trinajstić information content (AvgIpc) is 3.63. The number of nitrogens with one attached hydrogen (secondary N) is 2. The van der Waals surface area contributed by atoms with Crippen LogP contribution < -0.4 is 15.1 Å². The fraction of sp³-hybridized carbons (Fsp3) is 0.261. The number of anilines is 2. The van der Waals surface area contributed by atoms with E-state index >= 15 is 4.79 Å². The third-order valence-electron chi connectivity index (χ3n) is 10.9. The summed E-state index contributed by atoms with van der Waals surface area (Å²) in [7, 11) is 0. The monoisotopic (exact) mass is 716 g/mol. The van der Waals surface area contributed by atoms with Crippen LogP contribution in [0.3, 0.4) is 0 Å². The Labute approximate surface area is 318 Å². The van der Waals surface area contributed by atoms with Gasteiger partial charge in [0.05, 0.1) is 0 Å². The molecule has 2 atom stereocenters. The zero-order chi connectivity index (χ0) is 36.7. The summed E-state index contributed by atoms with van der Waals surface area (Å²) in [6, 6.07) is 47.0. The predicted octanol–water partition coefficient (Wildman–Crippen LogP) is 7.52. The number of urea groups is 1. The minimum atomic E-state index is -0.750. The predicted molar refractivity (Wildman–Crippen MR) is 218 cm³/mol. The maximum absolute atomic E-state index is 15.1. The maximum atomic E-state index is 15.1. The van der Waals surface area contributed by atoms with Crippen molar-refractivity contribution in [3.8, 4) is 0 Å². The molecule has 1 saturated heterocycles. The van der Waals surface area contributed by atoms with E-state index in [0.717, 1.165) is 72.5 Å². The van der Waals surface area contributed by atoms with E-state index in [1.165, 1.54) is 11.1 Å². The van der Waals surface area contributed by atoms with Crippen molar-refractivity contribution in [2.75, 3.05) is 49.1 Å². The summed E-state index contributed by atoms with van der Waals surface area (Å²) in [6.45, 7) is 5.69. The van der Waals surface area contributed by atoms with Gasteiger partial charge in [-0.15, -0.1) is 0 Å². The number of para-hydroxylation sites is 3. The molecule has 0 radical (unpaired) electrons. The summed E-state index contributed by atoms with van der Waals surface area (Å²) in [5, 5.41) is 4.31. The van der Waals surface area contributed by atoms with Crippen molar-refractivity contribution in [3.05, 3.63) is 168 Å². The summed E-state index contributed by atoms with van der Waals surface area (Å²) in [5.41, 5.74) is 7.82. The minimum absolute atomic E-state index is 0.0774. The Bertz CT molecular complexity index is 2100. The number of carbonyl (C=O) groups is 2. The highest BCUT2D eigenvalue weighted by Crippen LogP contribution is 2.32. The maximum Gasteiger partial charge on any atom is 0.318 e. The van der Waals surface area contributed by atoms with Gasteiger partial charge in [0.15, 0.2) is 0 Å². The van der Waals surface area contributed by atoms with Crippen LogP contribution in [-0.2, 0) is 30.7 Å². The number of hydrogen-bond donors (Lipinski definition) is 2. The molecule has 0 spiro atoms. The fourth-order valence-electron chi connectivity index (χ4n) is 8.20. The Morgan fingerprint density at radius 3 is 2.04 bits per heavy atom. The Kier molecular flexibility index (Phi) is 10.7. The van der Waals surface area contributed by atoms with Crippen LogP contribution in [0.5, 0.6) is 0 Å². The summed E-state index contributed by atoms with van der Waals surface area (Å²) in [4.78, 5) is 41.1. The molecule has 8 heteroatoms. The third kappa shape index (κ3) is 8.19. The van der Waals surface area contributed by atoms with E-state index in [1.54, 1.807) is 0 Å². The molecule has 3 heterocycles. The van der Waals surface area contributed by atoms with Crippen LogP contribution in [0.25, 0.3) is 10.9 Å². The van der Waals surface area contributed by atoms with Gasteiger partial charge in [-0.05, 0) is 58.9 Å². The molecular weight excluding hydrogens is 669 g/mol. The van der Waals surface area contributed by atoms with Crippen molar-refractivity contribution < 1.29 is 9.59 Å². The number of benzene rings is 5. The lowest BCUT2D eigenvalue weighted by molar-refractivity contribution is -0.120. The molecule has 8 nitrogen and oxygen atoms in total. The van der Waals surface area contributed by atoms with Crippen molar-refractivity contribution >= 4 is 34.2 Å². The normalized spacial score (nSPS) is 16.3. The first-order valence-electron chi connectivity index (χ1n) is 19.2. The Hall–Kier alpha value is -5.86. The highest BCUT2D eigenvalue weighted by atomic mass is 16.2. The first-order chi connectivity index (χ1) is 26.6. The average molecular weight is 717 g/mol. The van der Waals surface area contributed by atoms with Crippen molar-refractivity contribution in [1.82, 2.24) is 20.1 Å².